The highest BCUT2D eigenvalue weighted by Crippen LogP contribution is 2.34. The van der Waals surface area contributed by atoms with Gasteiger partial charge in [0.05, 0.1) is 24.1 Å². The molecule has 0 amide bonds. The van der Waals surface area contributed by atoms with Gasteiger partial charge in [-0.2, -0.15) is 5.10 Å². The van der Waals surface area contributed by atoms with Crippen molar-refractivity contribution >= 4 is 29.0 Å². The monoisotopic (exact) mass is 464 g/mol. The van der Waals surface area contributed by atoms with Crippen LogP contribution in [-0.2, 0) is 4.74 Å². The van der Waals surface area contributed by atoms with E-state index in [1.165, 1.54) is 24.8 Å². The fraction of sp³-hybridized carbons (Fsp3) is 0.240. The molecular weight excluding hydrogens is 439 g/mol. The second kappa shape index (κ2) is 9.54. The number of carbonyl (C=O) groups excluding carboxylic acids is 1. The van der Waals surface area contributed by atoms with E-state index in [2.05, 4.69) is 27.9 Å². The molecule has 0 aliphatic heterocycles. The maximum absolute atomic E-state index is 13.3. The molecule has 0 fully saturated rings. The lowest BCUT2D eigenvalue weighted by Gasteiger charge is -2.17. The minimum Gasteiger partial charge on any atom is -0.465 e. The number of aromatic nitrogens is 2. The summed E-state index contributed by atoms with van der Waals surface area (Å²) in [4.78, 5) is 11.7. The van der Waals surface area contributed by atoms with Crippen LogP contribution >= 0.6 is 12.2 Å². The number of allylic oxidation sites excluding steroid dienone is 1. The largest absolute Gasteiger partial charge is 0.465 e. The predicted octanol–water partition coefficient (Wildman–Crippen LogP) is 4.81. The third-order valence-electron chi connectivity index (χ3n) is 5.73. The summed E-state index contributed by atoms with van der Waals surface area (Å²) in [5.74, 6) is -0.470. The van der Waals surface area contributed by atoms with Crippen LogP contribution in [-0.4, -0.2) is 34.0 Å². The summed E-state index contributed by atoms with van der Waals surface area (Å²) in [6.07, 6.45) is 5.11. The highest BCUT2D eigenvalue weighted by Gasteiger charge is 2.26. The maximum atomic E-state index is 13.3. The first-order chi connectivity index (χ1) is 15.9. The van der Waals surface area contributed by atoms with Crippen molar-refractivity contribution in [2.24, 2.45) is 0 Å². The van der Waals surface area contributed by atoms with E-state index >= 15 is 0 Å². The number of hydrogen-bond donors (Lipinski definition) is 2. The molecule has 2 atom stereocenters. The lowest BCUT2D eigenvalue weighted by molar-refractivity contribution is 0.0601. The molecule has 2 aromatic carbocycles. The summed E-state index contributed by atoms with van der Waals surface area (Å²) in [7, 11) is 1.35. The van der Waals surface area contributed by atoms with Gasteiger partial charge in [0, 0.05) is 28.9 Å². The molecule has 4 rings (SSSR count). The van der Waals surface area contributed by atoms with E-state index in [0.29, 0.717) is 16.4 Å². The van der Waals surface area contributed by atoms with Crippen molar-refractivity contribution < 1.29 is 13.9 Å². The average Bonchev–Trinajstić information content (AvgIpc) is 3.36. The zero-order valence-electron chi connectivity index (χ0n) is 18.6. The lowest BCUT2D eigenvalue weighted by Crippen LogP contribution is -2.35. The number of anilines is 1. The zero-order valence-corrected chi connectivity index (χ0v) is 19.4. The van der Waals surface area contributed by atoms with Crippen molar-refractivity contribution in [1.29, 1.82) is 0 Å². The molecule has 0 spiro atoms. The Balaban J connectivity index is 1.41. The van der Waals surface area contributed by atoms with E-state index < -0.39 is 5.97 Å². The quantitative estimate of drug-likeness (QED) is 0.321. The number of nitrogens with zero attached hydrogens (tertiary/aromatic N) is 2. The molecule has 3 aromatic rings. The molecule has 1 aromatic heterocycles. The van der Waals surface area contributed by atoms with Crippen molar-refractivity contribution in [2.45, 2.75) is 32.2 Å². The number of thiocarbonyl (C=S) groups is 1. The Morgan fingerprint density at radius 1 is 1.18 bits per heavy atom. The summed E-state index contributed by atoms with van der Waals surface area (Å²) < 4.78 is 19.9. The summed E-state index contributed by atoms with van der Waals surface area (Å²) in [6, 6.07) is 13.4. The molecule has 1 aliphatic rings. The second-order valence-corrected chi connectivity index (χ2v) is 8.39. The highest BCUT2D eigenvalue weighted by molar-refractivity contribution is 7.80. The van der Waals surface area contributed by atoms with Gasteiger partial charge in [0.2, 0.25) is 0 Å². The Labute approximate surface area is 197 Å². The third kappa shape index (κ3) is 4.96. The van der Waals surface area contributed by atoms with E-state index in [1.54, 1.807) is 30.3 Å². The average molecular weight is 465 g/mol. The molecule has 1 heterocycles. The normalized spacial score (nSPS) is 17.1. The van der Waals surface area contributed by atoms with Gasteiger partial charge in [-0.1, -0.05) is 18.2 Å². The third-order valence-corrected chi connectivity index (χ3v) is 5.95. The molecule has 1 aliphatic carbocycles. The van der Waals surface area contributed by atoms with E-state index in [1.807, 2.05) is 24.6 Å². The van der Waals surface area contributed by atoms with E-state index in [9.17, 15) is 9.18 Å². The Morgan fingerprint density at radius 3 is 2.67 bits per heavy atom. The number of methoxy groups -OCH3 is 1. The number of carbonyl (C=O) groups is 1. The van der Waals surface area contributed by atoms with Crippen LogP contribution in [0.5, 0.6) is 0 Å². The molecule has 8 heteroatoms. The van der Waals surface area contributed by atoms with Gasteiger partial charge in [-0.25, -0.2) is 13.9 Å². The lowest BCUT2D eigenvalue weighted by atomic mass is 9.96. The van der Waals surface area contributed by atoms with Crippen LogP contribution in [0.4, 0.5) is 10.1 Å². The number of hydrogen-bond acceptors (Lipinski definition) is 4. The number of halogens is 1. The zero-order chi connectivity index (χ0) is 23.5. The Bertz CT molecular complexity index is 1220. The number of ether oxygens (including phenoxy) is 1. The van der Waals surface area contributed by atoms with Gasteiger partial charge in [0.1, 0.15) is 5.82 Å². The SMILES string of the molecule is COC(=O)c1cccc(NC(=S)N[C@@H]2C=C[C@@H](c3c(C)nn(-c4ccc(F)cc4)c3C)C2)c1. The molecule has 0 saturated carbocycles. The van der Waals surface area contributed by atoms with Crippen LogP contribution in [0, 0.1) is 19.7 Å². The Morgan fingerprint density at radius 2 is 1.94 bits per heavy atom. The molecule has 0 bridgehead atoms. The van der Waals surface area contributed by atoms with Crippen LogP contribution in [0.1, 0.15) is 39.6 Å². The minimum absolute atomic E-state index is 0.0618. The molecule has 6 nitrogen and oxygen atoms in total. The first-order valence-electron chi connectivity index (χ1n) is 10.6. The number of aryl methyl sites for hydroxylation is 1. The maximum Gasteiger partial charge on any atom is 0.337 e. The number of benzene rings is 2. The fourth-order valence-corrected chi connectivity index (χ4v) is 4.49. The van der Waals surface area contributed by atoms with Crippen molar-refractivity contribution in [2.75, 3.05) is 12.4 Å². The van der Waals surface area contributed by atoms with Crippen LogP contribution in [0.3, 0.4) is 0 Å². The number of esters is 1. The summed E-state index contributed by atoms with van der Waals surface area (Å²) in [5.41, 5.74) is 5.16. The van der Waals surface area contributed by atoms with Crippen LogP contribution < -0.4 is 10.6 Å². The van der Waals surface area contributed by atoms with Crippen molar-refractivity contribution in [1.82, 2.24) is 15.1 Å². The molecule has 0 saturated heterocycles. The van der Waals surface area contributed by atoms with Crippen LogP contribution in [0.25, 0.3) is 5.69 Å². The Hall–Kier alpha value is -3.52. The van der Waals surface area contributed by atoms with Crippen LogP contribution in [0.2, 0.25) is 0 Å². The first kappa shape index (κ1) is 22.7. The van der Waals surface area contributed by atoms with Gasteiger partial charge >= 0.3 is 5.97 Å². The van der Waals surface area contributed by atoms with Gasteiger partial charge < -0.3 is 15.4 Å². The number of rotatable bonds is 5. The summed E-state index contributed by atoms with van der Waals surface area (Å²) >= 11 is 5.48. The van der Waals surface area contributed by atoms with Gasteiger partial charge in [-0.15, -0.1) is 0 Å². The summed E-state index contributed by atoms with van der Waals surface area (Å²) in [5, 5.41) is 11.6. The molecule has 0 radical (unpaired) electrons. The minimum atomic E-state index is -0.397. The van der Waals surface area contributed by atoms with E-state index in [4.69, 9.17) is 17.0 Å². The van der Waals surface area contributed by atoms with Crippen molar-refractivity contribution in [3.8, 4) is 5.69 Å². The molecule has 33 heavy (non-hydrogen) atoms. The highest BCUT2D eigenvalue weighted by atomic mass is 32.1. The molecule has 0 unspecified atom stereocenters. The van der Waals surface area contributed by atoms with Gasteiger partial charge in [0.25, 0.3) is 0 Å². The van der Waals surface area contributed by atoms with Gasteiger partial charge in [-0.3, -0.25) is 0 Å². The number of nitrogens with one attached hydrogen (secondary N) is 2. The standard InChI is InChI=1S/C25H25FN4O2S/c1-15-23(16(2)30(29-15)22-11-8-19(26)9-12-22)17-7-10-21(13-17)28-25(33)27-20-6-4-5-18(14-20)24(31)32-3/h4-12,14,17,21H,13H2,1-3H3,(H2,27,28,33)/t17-,21-/m1/s1. The van der Waals surface area contributed by atoms with Crippen molar-refractivity contribution in [3.05, 3.63) is 89.0 Å². The van der Waals surface area contributed by atoms with E-state index in [0.717, 1.165) is 23.5 Å². The Kier molecular flexibility index (Phi) is 6.55. The topological polar surface area (TPSA) is 68.2 Å². The smallest absolute Gasteiger partial charge is 0.337 e. The fourth-order valence-electron chi connectivity index (χ4n) is 4.22. The molecule has 170 valence electrons. The van der Waals surface area contributed by atoms with Crippen LogP contribution in [0.15, 0.2) is 60.7 Å². The van der Waals surface area contributed by atoms with Crippen molar-refractivity contribution in [3.63, 3.8) is 0 Å². The van der Waals surface area contributed by atoms with Gasteiger partial charge in [0.15, 0.2) is 5.11 Å². The first-order valence-corrected chi connectivity index (χ1v) is 11.0. The molecular formula is C25H25FN4O2S. The van der Waals surface area contributed by atoms with Gasteiger partial charge in [-0.05, 0) is 75.0 Å². The predicted molar refractivity (Wildman–Crippen MR) is 130 cm³/mol. The molecule has 2 N–H and O–H groups in total. The second-order valence-electron chi connectivity index (χ2n) is 7.98. The van der Waals surface area contributed by atoms with E-state index in [-0.39, 0.29) is 17.8 Å². The summed E-state index contributed by atoms with van der Waals surface area (Å²) in [6.45, 7) is 4.03.